The van der Waals surface area contributed by atoms with Crippen LogP contribution in [0.25, 0.3) is 0 Å². The van der Waals surface area contributed by atoms with E-state index in [1.54, 1.807) is 16.4 Å². The molecule has 3 rings (SSSR count). The summed E-state index contributed by atoms with van der Waals surface area (Å²) in [7, 11) is -1.43. The topological polar surface area (TPSA) is 49.9 Å². The van der Waals surface area contributed by atoms with Crippen LogP contribution in [0.2, 0.25) is 0 Å². The van der Waals surface area contributed by atoms with E-state index in [4.69, 9.17) is 4.74 Å². The lowest BCUT2D eigenvalue weighted by Crippen LogP contribution is -2.60. The van der Waals surface area contributed by atoms with Crippen molar-refractivity contribution < 1.29 is 13.2 Å². The summed E-state index contributed by atoms with van der Waals surface area (Å²) >= 11 is 0. The van der Waals surface area contributed by atoms with Gasteiger partial charge in [0, 0.05) is 19.6 Å². The number of likely N-dealkylation sites (tertiary alicyclic amines) is 1. The lowest BCUT2D eigenvalue weighted by atomic mass is 10.0. The van der Waals surface area contributed by atoms with Crippen molar-refractivity contribution in [2.75, 3.05) is 33.3 Å². The molecular weight excluding hydrogens is 288 g/mol. The van der Waals surface area contributed by atoms with Crippen LogP contribution in [0.5, 0.6) is 0 Å². The molecule has 0 amide bonds. The maximum atomic E-state index is 13.0. The normalized spacial score (nSPS) is 28.3. The molecule has 2 fully saturated rings. The first-order chi connectivity index (χ1) is 10.00. The van der Waals surface area contributed by atoms with Gasteiger partial charge in [-0.3, -0.25) is 0 Å². The number of hydrogen-bond acceptors (Lipinski definition) is 4. The van der Waals surface area contributed by atoms with Gasteiger partial charge >= 0.3 is 0 Å². The first-order valence-corrected chi connectivity index (χ1v) is 8.82. The number of fused-ring (bicyclic) bond motifs is 1. The minimum absolute atomic E-state index is 0.0220. The van der Waals surface area contributed by atoms with Crippen LogP contribution in [0.15, 0.2) is 29.2 Å². The molecule has 1 aromatic carbocycles. The SMILES string of the molecule is Cc1ccccc1S(=O)(=O)N1CCO[C@H]2CCN(C)C[C@H]21. The molecule has 2 aliphatic heterocycles. The summed E-state index contributed by atoms with van der Waals surface area (Å²) in [5.41, 5.74) is 0.796. The lowest BCUT2D eigenvalue weighted by molar-refractivity contribution is -0.0719. The third kappa shape index (κ3) is 2.73. The van der Waals surface area contributed by atoms with E-state index in [1.165, 1.54) is 0 Å². The summed E-state index contributed by atoms with van der Waals surface area (Å²) < 4.78 is 33.5. The van der Waals surface area contributed by atoms with Gasteiger partial charge < -0.3 is 9.64 Å². The second-order valence-electron chi connectivity index (χ2n) is 5.91. The highest BCUT2D eigenvalue weighted by Gasteiger charge is 2.42. The highest BCUT2D eigenvalue weighted by Crippen LogP contribution is 2.29. The van der Waals surface area contributed by atoms with Crippen LogP contribution in [-0.2, 0) is 14.8 Å². The summed E-state index contributed by atoms with van der Waals surface area (Å²) in [6, 6.07) is 7.11. The third-order valence-corrected chi connectivity index (χ3v) is 6.50. The summed E-state index contributed by atoms with van der Waals surface area (Å²) in [6.45, 7) is 4.45. The Morgan fingerprint density at radius 3 is 2.76 bits per heavy atom. The van der Waals surface area contributed by atoms with Crippen molar-refractivity contribution in [1.29, 1.82) is 0 Å². The first-order valence-electron chi connectivity index (χ1n) is 7.38. The van der Waals surface area contributed by atoms with E-state index in [2.05, 4.69) is 4.90 Å². The molecule has 0 bridgehead atoms. The van der Waals surface area contributed by atoms with Gasteiger partial charge in [0.05, 0.1) is 23.6 Å². The Morgan fingerprint density at radius 1 is 1.24 bits per heavy atom. The standard InChI is InChI=1S/C15H22N2O3S/c1-12-5-3-4-6-15(12)21(18,19)17-9-10-20-14-7-8-16(2)11-13(14)17/h3-6,13-14H,7-11H2,1-2H3/t13-,14+/m1/s1. The Morgan fingerprint density at radius 2 is 2.00 bits per heavy atom. The lowest BCUT2D eigenvalue weighted by Gasteiger charge is -2.45. The van der Waals surface area contributed by atoms with Crippen molar-refractivity contribution in [3.63, 3.8) is 0 Å². The Hall–Kier alpha value is -0.950. The number of likely N-dealkylation sites (N-methyl/N-ethyl adjacent to an activating group) is 1. The van der Waals surface area contributed by atoms with Gasteiger partial charge in [0.15, 0.2) is 0 Å². The molecule has 21 heavy (non-hydrogen) atoms. The Balaban J connectivity index is 1.96. The number of benzene rings is 1. The van der Waals surface area contributed by atoms with E-state index in [0.717, 1.165) is 25.1 Å². The third-order valence-electron chi connectivity index (χ3n) is 4.42. The van der Waals surface area contributed by atoms with Crippen LogP contribution in [0.4, 0.5) is 0 Å². The highest BCUT2D eigenvalue weighted by atomic mass is 32.2. The average molecular weight is 310 g/mol. The van der Waals surface area contributed by atoms with Gasteiger partial charge in [-0.15, -0.1) is 0 Å². The molecule has 0 aliphatic carbocycles. The number of morpholine rings is 1. The van der Waals surface area contributed by atoms with Gasteiger partial charge in [0.1, 0.15) is 0 Å². The Bertz CT molecular complexity index is 617. The van der Waals surface area contributed by atoms with Crippen LogP contribution in [0, 0.1) is 6.92 Å². The van der Waals surface area contributed by atoms with Crippen molar-refractivity contribution in [3.8, 4) is 0 Å². The van der Waals surface area contributed by atoms with Crippen LogP contribution in [-0.4, -0.2) is 63.1 Å². The molecule has 1 aromatic rings. The number of aryl methyl sites for hydroxylation is 1. The number of rotatable bonds is 2. The zero-order valence-electron chi connectivity index (χ0n) is 12.5. The summed E-state index contributed by atoms with van der Waals surface area (Å²) in [4.78, 5) is 2.59. The van der Waals surface area contributed by atoms with Crippen LogP contribution in [0.1, 0.15) is 12.0 Å². The van der Waals surface area contributed by atoms with E-state index in [0.29, 0.717) is 18.0 Å². The molecule has 0 spiro atoms. The number of nitrogens with zero attached hydrogens (tertiary/aromatic N) is 2. The molecule has 6 heteroatoms. The monoisotopic (exact) mass is 310 g/mol. The molecule has 116 valence electrons. The second kappa shape index (κ2) is 5.68. The molecule has 2 atom stereocenters. The van der Waals surface area contributed by atoms with Crippen molar-refractivity contribution in [3.05, 3.63) is 29.8 Å². The molecule has 0 radical (unpaired) electrons. The van der Waals surface area contributed by atoms with Crippen molar-refractivity contribution in [2.24, 2.45) is 0 Å². The molecule has 5 nitrogen and oxygen atoms in total. The number of sulfonamides is 1. The summed E-state index contributed by atoms with van der Waals surface area (Å²) in [5.74, 6) is 0. The summed E-state index contributed by atoms with van der Waals surface area (Å²) in [6.07, 6.45) is 0.912. The van der Waals surface area contributed by atoms with Gasteiger partial charge in [0.25, 0.3) is 0 Å². The number of hydrogen-bond donors (Lipinski definition) is 0. The predicted octanol–water partition coefficient (Wildman–Crippen LogP) is 1.09. The molecule has 2 saturated heterocycles. The zero-order chi connectivity index (χ0) is 15.0. The Labute approximate surface area is 126 Å². The van der Waals surface area contributed by atoms with Crippen molar-refractivity contribution in [2.45, 2.75) is 30.4 Å². The van der Waals surface area contributed by atoms with Gasteiger partial charge in [-0.2, -0.15) is 4.31 Å². The fourth-order valence-corrected chi connectivity index (χ4v) is 5.12. The molecule has 0 unspecified atom stereocenters. The Kier molecular flexibility index (Phi) is 4.05. The second-order valence-corrected chi connectivity index (χ2v) is 7.77. The van der Waals surface area contributed by atoms with Crippen molar-refractivity contribution >= 4 is 10.0 Å². The van der Waals surface area contributed by atoms with Gasteiger partial charge in [-0.05, 0) is 32.0 Å². The maximum Gasteiger partial charge on any atom is 0.243 e. The minimum atomic E-state index is -3.46. The average Bonchev–Trinajstić information content (AvgIpc) is 2.46. The molecule has 0 saturated carbocycles. The van der Waals surface area contributed by atoms with E-state index in [-0.39, 0.29) is 12.1 Å². The molecule has 0 aromatic heterocycles. The van der Waals surface area contributed by atoms with Gasteiger partial charge in [0.2, 0.25) is 10.0 Å². The number of piperidine rings is 1. The highest BCUT2D eigenvalue weighted by molar-refractivity contribution is 7.89. The number of ether oxygens (including phenoxy) is 1. The first kappa shape index (κ1) is 15.0. The maximum absolute atomic E-state index is 13.0. The van der Waals surface area contributed by atoms with E-state index in [1.807, 2.05) is 26.1 Å². The largest absolute Gasteiger partial charge is 0.375 e. The quantitative estimate of drug-likeness (QED) is 0.820. The van der Waals surface area contributed by atoms with Gasteiger partial charge in [-0.25, -0.2) is 8.42 Å². The fraction of sp³-hybridized carbons (Fsp3) is 0.600. The van der Waals surface area contributed by atoms with E-state index >= 15 is 0 Å². The van der Waals surface area contributed by atoms with E-state index < -0.39 is 10.0 Å². The van der Waals surface area contributed by atoms with Crippen LogP contribution < -0.4 is 0 Å². The van der Waals surface area contributed by atoms with Crippen molar-refractivity contribution in [1.82, 2.24) is 9.21 Å². The zero-order valence-corrected chi connectivity index (χ0v) is 13.3. The molecule has 2 aliphatic rings. The van der Waals surface area contributed by atoms with Crippen LogP contribution >= 0.6 is 0 Å². The molecule has 0 N–H and O–H groups in total. The molecular formula is C15H22N2O3S. The minimum Gasteiger partial charge on any atom is -0.375 e. The summed E-state index contributed by atoms with van der Waals surface area (Å²) in [5, 5.41) is 0. The smallest absolute Gasteiger partial charge is 0.243 e. The van der Waals surface area contributed by atoms with Crippen LogP contribution in [0.3, 0.4) is 0 Å². The molecule has 2 heterocycles. The van der Waals surface area contributed by atoms with E-state index in [9.17, 15) is 8.42 Å². The predicted molar refractivity (Wildman–Crippen MR) is 80.7 cm³/mol. The fourth-order valence-electron chi connectivity index (χ4n) is 3.27. The van der Waals surface area contributed by atoms with Gasteiger partial charge in [-0.1, -0.05) is 18.2 Å².